The van der Waals surface area contributed by atoms with Gasteiger partial charge in [-0.2, -0.15) is 0 Å². The van der Waals surface area contributed by atoms with Crippen LogP contribution < -0.4 is 0 Å². The molecule has 2 rings (SSSR count). The molecule has 17 heavy (non-hydrogen) atoms. The molecular formula is C14H26O3. The van der Waals surface area contributed by atoms with Gasteiger partial charge in [-0.05, 0) is 38.5 Å². The lowest BCUT2D eigenvalue weighted by molar-refractivity contribution is -0.112. The number of rotatable bonds is 6. The van der Waals surface area contributed by atoms with Gasteiger partial charge in [-0.25, -0.2) is 0 Å². The van der Waals surface area contributed by atoms with E-state index < -0.39 is 0 Å². The highest BCUT2D eigenvalue weighted by molar-refractivity contribution is 4.86. The van der Waals surface area contributed by atoms with E-state index in [9.17, 15) is 0 Å². The molecule has 0 radical (unpaired) electrons. The maximum Gasteiger partial charge on any atom is 0.0913 e. The molecule has 0 spiro atoms. The molecule has 3 heteroatoms. The number of hydrogen-bond donors (Lipinski definition) is 0. The lowest BCUT2D eigenvalue weighted by Gasteiger charge is -2.31. The fourth-order valence-corrected chi connectivity index (χ4v) is 2.92. The van der Waals surface area contributed by atoms with E-state index in [1.807, 2.05) is 0 Å². The second-order valence-corrected chi connectivity index (χ2v) is 5.47. The summed E-state index contributed by atoms with van der Waals surface area (Å²) in [7, 11) is 0. The molecule has 2 saturated heterocycles. The monoisotopic (exact) mass is 242 g/mol. The molecule has 0 aromatic rings. The Bertz CT molecular complexity index is 204. The molecule has 0 saturated carbocycles. The molecule has 2 heterocycles. The van der Waals surface area contributed by atoms with Gasteiger partial charge in [0.2, 0.25) is 0 Å². The van der Waals surface area contributed by atoms with E-state index in [1.54, 1.807) is 0 Å². The molecule has 2 aliphatic rings. The third-order valence-electron chi connectivity index (χ3n) is 4.39. The Labute approximate surface area is 105 Å². The van der Waals surface area contributed by atoms with E-state index in [4.69, 9.17) is 14.2 Å². The zero-order valence-electron chi connectivity index (χ0n) is 11.3. The van der Waals surface area contributed by atoms with Crippen molar-refractivity contribution in [1.29, 1.82) is 0 Å². The van der Waals surface area contributed by atoms with Crippen LogP contribution in [0.4, 0.5) is 0 Å². The first-order chi connectivity index (χ1) is 8.24. The minimum Gasteiger partial charge on any atom is -0.375 e. The van der Waals surface area contributed by atoms with Gasteiger partial charge < -0.3 is 14.2 Å². The van der Waals surface area contributed by atoms with E-state index in [-0.39, 0.29) is 11.2 Å². The van der Waals surface area contributed by atoms with Crippen LogP contribution in [0.2, 0.25) is 0 Å². The van der Waals surface area contributed by atoms with E-state index in [0.717, 1.165) is 52.1 Å². The molecule has 0 N–H and O–H groups in total. The average molecular weight is 242 g/mol. The van der Waals surface area contributed by atoms with Crippen molar-refractivity contribution >= 4 is 0 Å². The second-order valence-electron chi connectivity index (χ2n) is 5.47. The summed E-state index contributed by atoms with van der Waals surface area (Å²) < 4.78 is 17.7. The minimum atomic E-state index is -0.00641. The van der Waals surface area contributed by atoms with Crippen molar-refractivity contribution in [1.82, 2.24) is 0 Å². The fraction of sp³-hybridized carbons (Fsp3) is 1.00. The third kappa shape index (κ3) is 3.01. The predicted molar refractivity (Wildman–Crippen MR) is 67.2 cm³/mol. The van der Waals surface area contributed by atoms with E-state index in [1.165, 1.54) is 12.8 Å². The Morgan fingerprint density at radius 2 is 1.35 bits per heavy atom. The molecule has 100 valence electrons. The molecule has 0 amide bonds. The Morgan fingerprint density at radius 1 is 0.882 bits per heavy atom. The summed E-state index contributed by atoms with van der Waals surface area (Å²) in [6.07, 6.45) is 6.73. The van der Waals surface area contributed by atoms with Crippen LogP contribution in [0.25, 0.3) is 0 Å². The SMILES string of the molecule is CCC1(COCC2(CC)CCCO2)CCCO1. The molecular weight excluding hydrogens is 216 g/mol. The lowest BCUT2D eigenvalue weighted by atomic mass is 9.96. The van der Waals surface area contributed by atoms with Crippen LogP contribution in [0.15, 0.2) is 0 Å². The van der Waals surface area contributed by atoms with Gasteiger partial charge in [-0.1, -0.05) is 13.8 Å². The summed E-state index contributed by atoms with van der Waals surface area (Å²) in [5.41, 5.74) is -0.0128. The van der Waals surface area contributed by atoms with Crippen molar-refractivity contribution < 1.29 is 14.2 Å². The van der Waals surface area contributed by atoms with Crippen LogP contribution in [-0.2, 0) is 14.2 Å². The van der Waals surface area contributed by atoms with Crippen molar-refractivity contribution in [2.24, 2.45) is 0 Å². The van der Waals surface area contributed by atoms with E-state index in [2.05, 4.69) is 13.8 Å². The van der Waals surface area contributed by atoms with Gasteiger partial charge in [-0.3, -0.25) is 0 Å². The van der Waals surface area contributed by atoms with Crippen LogP contribution in [0, 0.1) is 0 Å². The highest BCUT2D eigenvalue weighted by Gasteiger charge is 2.37. The topological polar surface area (TPSA) is 27.7 Å². The van der Waals surface area contributed by atoms with Crippen molar-refractivity contribution in [3.8, 4) is 0 Å². The van der Waals surface area contributed by atoms with Crippen LogP contribution in [0.5, 0.6) is 0 Å². The smallest absolute Gasteiger partial charge is 0.0913 e. The van der Waals surface area contributed by atoms with Crippen molar-refractivity contribution in [3.63, 3.8) is 0 Å². The van der Waals surface area contributed by atoms with E-state index >= 15 is 0 Å². The van der Waals surface area contributed by atoms with Gasteiger partial charge >= 0.3 is 0 Å². The summed E-state index contributed by atoms with van der Waals surface area (Å²) in [4.78, 5) is 0. The zero-order chi connectivity index (χ0) is 12.2. The molecule has 2 atom stereocenters. The molecule has 2 aliphatic heterocycles. The van der Waals surface area contributed by atoms with Gasteiger partial charge in [-0.15, -0.1) is 0 Å². The molecule has 3 nitrogen and oxygen atoms in total. The molecule has 0 aliphatic carbocycles. The average Bonchev–Trinajstić information content (AvgIpc) is 2.99. The normalized spacial score (nSPS) is 37.8. The first-order valence-electron chi connectivity index (χ1n) is 7.10. The molecule has 0 aromatic heterocycles. The first kappa shape index (κ1) is 13.3. The van der Waals surface area contributed by atoms with Crippen LogP contribution in [0.3, 0.4) is 0 Å². The summed E-state index contributed by atoms with van der Waals surface area (Å²) >= 11 is 0. The Balaban J connectivity index is 1.78. The van der Waals surface area contributed by atoms with Gasteiger partial charge in [0.05, 0.1) is 24.4 Å². The Hall–Kier alpha value is -0.120. The minimum absolute atomic E-state index is 0.00641. The molecule has 0 aromatic carbocycles. The quantitative estimate of drug-likeness (QED) is 0.716. The molecule has 0 bridgehead atoms. The van der Waals surface area contributed by atoms with Crippen LogP contribution >= 0.6 is 0 Å². The standard InChI is InChI=1S/C14H26O3/c1-3-13(7-5-9-16-13)11-15-12-14(4-2)8-6-10-17-14/h3-12H2,1-2H3. The first-order valence-corrected chi connectivity index (χ1v) is 7.10. The van der Waals surface area contributed by atoms with E-state index in [0.29, 0.717) is 0 Å². The van der Waals surface area contributed by atoms with Crippen molar-refractivity contribution in [3.05, 3.63) is 0 Å². The summed E-state index contributed by atoms with van der Waals surface area (Å²) in [6, 6.07) is 0. The summed E-state index contributed by atoms with van der Waals surface area (Å²) in [5, 5.41) is 0. The Kier molecular flexibility index (Phi) is 4.45. The van der Waals surface area contributed by atoms with Crippen LogP contribution in [-0.4, -0.2) is 37.6 Å². The third-order valence-corrected chi connectivity index (χ3v) is 4.39. The van der Waals surface area contributed by atoms with Crippen molar-refractivity contribution in [2.45, 2.75) is 63.6 Å². The number of hydrogen-bond acceptors (Lipinski definition) is 3. The molecule has 2 fully saturated rings. The van der Waals surface area contributed by atoms with Gasteiger partial charge in [0.15, 0.2) is 0 Å². The maximum atomic E-state index is 5.94. The van der Waals surface area contributed by atoms with Crippen molar-refractivity contribution in [2.75, 3.05) is 26.4 Å². The van der Waals surface area contributed by atoms with Gasteiger partial charge in [0.1, 0.15) is 0 Å². The van der Waals surface area contributed by atoms with Crippen LogP contribution in [0.1, 0.15) is 52.4 Å². The second kappa shape index (κ2) is 5.68. The van der Waals surface area contributed by atoms with Gasteiger partial charge in [0, 0.05) is 13.2 Å². The highest BCUT2D eigenvalue weighted by atomic mass is 16.6. The maximum absolute atomic E-state index is 5.94. The number of ether oxygens (including phenoxy) is 3. The summed E-state index contributed by atoms with van der Waals surface area (Å²) in [5.74, 6) is 0. The van der Waals surface area contributed by atoms with Gasteiger partial charge in [0.25, 0.3) is 0 Å². The lowest BCUT2D eigenvalue weighted by Crippen LogP contribution is -2.38. The zero-order valence-corrected chi connectivity index (χ0v) is 11.3. The largest absolute Gasteiger partial charge is 0.375 e. The Morgan fingerprint density at radius 3 is 1.65 bits per heavy atom. The highest BCUT2D eigenvalue weighted by Crippen LogP contribution is 2.32. The fourth-order valence-electron chi connectivity index (χ4n) is 2.92. The summed E-state index contributed by atoms with van der Waals surface area (Å²) in [6.45, 7) is 7.63. The predicted octanol–water partition coefficient (Wildman–Crippen LogP) is 2.92. The molecule has 2 unspecified atom stereocenters.